The Morgan fingerprint density at radius 1 is 1.00 bits per heavy atom. The lowest BCUT2D eigenvalue weighted by atomic mass is 9.96. The van der Waals surface area contributed by atoms with E-state index in [9.17, 15) is 0 Å². The lowest BCUT2D eigenvalue weighted by molar-refractivity contribution is 0.488. The van der Waals surface area contributed by atoms with Crippen molar-refractivity contribution in [2.75, 3.05) is 4.90 Å². The van der Waals surface area contributed by atoms with Gasteiger partial charge >= 0.3 is 0 Å². The molecule has 1 N–H and O–H groups in total. The second-order valence-corrected chi connectivity index (χ2v) is 9.14. The minimum Gasteiger partial charge on any atom is -0.467 e. The molecule has 0 saturated carbocycles. The van der Waals surface area contributed by atoms with Gasteiger partial charge in [-0.25, -0.2) is 0 Å². The third-order valence-corrected chi connectivity index (χ3v) is 7.01. The molecule has 3 aromatic heterocycles. The van der Waals surface area contributed by atoms with Crippen LogP contribution in [0.1, 0.15) is 51.6 Å². The van der Waals surface area contributed by atoms with Crippen molar-refractivity contribution in [2.45, 2.75) is 46.3 Å². The molecule has 1 saturated heterocycles. The topological polar surface area (TPSA) is 46.2 Å². The second kappa shape index (κ2) is 8.52. The normalized spacial score (nSPS) is 18.1. The van der Waals surface area contributed by atoms with Crippen LogP contribution in [-0.2, 0) is 6.54 Å². The van der Waals surface area contributed by atoms with Gasteiger partial charge in [-0.05, 0) is 99.1 Å². The van der Waals surface area contributed by atoms with E-state index >= 15 is 0 Å². The number of pyridine rings is 1. The average Bonchev–Trinajstić information content (AvgIpc) is 3.51. The van der Waals surface area contributed by atoms with Crippen LogP contribution >= 0.6 is 12.2 Å². The van der Waals surface area contributed by atoms with Crippen LogP contribution in [-0.4, -0.2) is 14.7 Å². The fourth-order valence-corrected chi connectivity index (χ4v) is 5.10. The minimum absolute atomic E-state index is 0.0222. The largest absolute Gasteiger partial charge is 0.467 e. The summed E-state index contributed by atoms with van der Waals surface area (Å²) in [6.07, 6.45) is 3.57. The highest BCUT2D eigenvalue weighted by molar-refractivity contribution is 7.80. The maximum atomic E-state index is 5.89. The molecule has 1 aromatic carbocycles. The molecule has 0 spiro atoms. The molecule has 1 aliphatic heterocycles. The van der Waals surface area contributed by atoms with E-state index in [1.807, 2.05) is 30.5 Å². The van der Waals surface area contributed by atoms with Gasteiger partial charge in [0.1, 0.15) is 5.76 Å². The molecular formula is C27H28N4OS. The SMILES string of the molecule is Cc1ccc(N2C(=S)N[C@H](c3ccccn3)[C@@H]2c2cc(C)n(Cc3ccco3)c2C)cc1C. The van der Waals surface area contributed by atoms with Gasteiger partial charge in [-0.3, -0.25) is 4.98 Å². The predicted molar refractivity (Wildman–Crippen MR) is 136 cm³/mol. The Morgan fingerprint density at radius 2 is 1.85 bits per heavy atom. The first-order chi connectivity index (χ1) is 15.9. The van der Waals surface area contributed by atoms with E-state index in [-0.39, 0.29) is 12.1 Å². The first kappa shape index (κ1) is 21.5. The summed E-state index contributed by atoms with van der Waals surface area (Å²) in [5.41, 5.74) is 8.22. The Labute approximate surface area is 200 Å². The molecule has 0 amide bonds. The zero-order valence-corrected chi connectivity index (χ0v) is 20.2. The lowest BCUT2D eigenvalue weighted by Crippen LogP contribution is -2.29. The zero-order chi connectivity index (χ0) is 23.1. The first-order valence-corrected chi connectivity index (χ1v) is 11.6. The van der Waals surface area contributed by atoms with Crippen molar-refractivity contribution >= 4 is 23.0 Å². The summed E-state index contributed by atoms with van der Waals surface area (Å²) < 4.78 is 7.94. The Kier molecular flexibility index (Phi) is 5.54. The van der Waals surface area contributed by atoms with Crippen LogP contribution in [0, 0.1) is 27.7 Å². The maximum Gasteiger partial charge on any atom is 0.174 e. The van der Waals surface area contributed by atoms with Crippen LogP contribution in [0.3, 0.4) is 0 Å². The van der Waals surface area contributed by atoms with Crippen molar-refractivity contribution in [3.63, 3.8) is 0 Å². The summed E-state index contributed by atoms with van der Waals surface area (Å²) >= 11 is 5.89. The van der Waals surface area contributed by atoms with E-state index < -0.39 is 0 Å². The van der Waals surface area contributed by atoms with Crippen molar-refractivity contribution in [3.05, 3.63) is 107 Å². The maximum absolute atomic E-state index is 5.89. The molecule has 6 heteroatoms. The number of thiocarbonyl (C=S) groups is 1. The van der Waals surface area contributed by atoms with E-state index in [0.29, 0.717) is 6.54 Å². The van der Waals surface area contributed by atoms with E-state index in [1.165, 1.54) is 28.1 Å². The molecule has 0 unspecified atom stereocenters. The fraction of sp³-hybridized carbons (Fsp3) is 0.259. The molecule has 33 heavy (non-hydrogen) atoms. The van der Waals surface area contributed by atoms with Crippen LogP contribution in [0.5, 0.6) is 0 Å². The second-order valence-electron chi connectivity index (χ2n) is 8.76. The van der Waals surface area contributed by atoms with Crippen molar-refractivity contribution in [2.24, 2.45) is 0 Å². The van der Waals surface area contributed by atoms with Crippen LogP contribution in [0.2, 0.25) is 0 Å². The third-order valence-electron chi connectivity index (χ3n) is 6.69. The van der Waals surface area contributed by atoms with Crippen molar-refractivity contribution in [1.82, 2.24) is 14.9 Å². The smallest absolute Gasteiger partial charge is 0.174 e. The highest BCUT2D eigenvalue weighted by Gasteiger charge is 2.42. The zero-order valence-electron chi connectivity index (χ0n) is 19.4. The molecule has 1 aliphatic rings. The number of furan rings is 1. The van der Waals surface area contributed by atoms with E-state index in [2.05, 4.69) is 77.8 Å². The summed E-state index contributed by atoms with van der Waals surface area (Å²) in [6.45, 7) is 9.31. The lowest BCUT2D eigenvalue weighted by Gasteiger charge is -2.28. The average molecular weight is 457 g/mol. The number of hydrogen-bond donors (Lipinski definition) is 1. The van der Waals surface area contributed by atoms with Crippen molar-refractivity contribution in [1.29, 1.82) is 0 Å². The number of aryl methyl sites for hydroxylation is 3. The molecule has 5 nitrogen and oxygen atoms in total. The van der Waals surface area contributed by atoms with Gasteiger partial charge < -0.3 is 19.2 Å². The fourth-order valence-electron chi connectivity index (χ4n) is 4.75. The van der Waals surface area contributed by atoms with Crippen LogP contribution in [0.15, 0.2) is 71.5 Å². The summed E-state index contributed by atoms with van der Waals surface area (Å²) in [5.74, 6) is 0.940. The van der Waals surface area contributed by atoms with E-state index in [0.717, 1.165) is 22.3 Å². The number of benzene rings is 1. The molecule has 5 rings (SSSR count). The number of aromatic nitrogens is 2. The highest BCUT2D eigenvalue weighted by Crippen LogP contribution is 2.43. The van der Waals surface area contributed by atoms with Gasteiger partial charge in [0, 0.05) is 23.3 Å². The Hall–Kier alpha value is -3.38. The van der Waals surface area contributed by atoms with Gasteiger partial charge in [-0.1, -0.05) is 12.1 Å². The van der Waals surface area contributed by atoms with Crippen LogP contribution in [0.25, 0.3) is 0 Å². The Morgan fingerprint density at radius 3 is 2.55 bits per heavy atom. The van der Waals surface area contributed by atoms with E-state index in [4.69, 9.17) is 16.6 Å². The summed E-state index contributed by atoms with van der Waals surface area (Å²) in [7, 11) is 0. The van der Waals surface area contributed by atoms with Gasteiger partial charge in [0.2, 0.25) is 0 Å². The van der Waals surface area contributed by atoms with Crippen LogP contribution < -0.4 is 10.2 Å². The number of anilines is 1. The van der Waals surface area contributed by atoms with Gasteiger partial charge in [0.25, 0.3) is 0 Å². The first-order valence-electron chi connectivity index (χ1n) is 11.2. The molecule has 4 heterocycles. The summed E-state index contributed by atoms with van der Waals surface area (Å²) in [6, 6.07) is 18.7. The standard InChI is InChI=1S/C27H28N4OS/c1-17-10-11-21(14-18(17)2)31-26(25(29-27(31)33)24-9-5-6-12-28-24)23-15-19(3)30(20(23)4)16-22-8-7-13-32-22/h5-15,25-26H,16H2,1-4H3,(H,29,33)/t25-,26+/m1/s1. The van der Waals surface area contributed by atoms with Crippen molar-refractivity contribution < 1.29 is 4.42 Å². The van der Waals surface area contributed by atoms with E-state index in [1.54, 1.807) is 6.26 Å². The Balaban J connectivity index is 1.64. The molecule has 4 aromatic rings. The molecule has 168 valence electrons. The van der Waals surface area contributed by atoms with Crippen LogP contribution in [0.4, 0.5) is 5.69 Å². The molecule has 0 aliphatic carbocycles. The minimum atomic E-state index is -0.0575. The van der Waals surface area contributed by atoms with Gasteiger partial charge in [-0.15, -0.1) is 0 Å². The number of nitrogens with zero attached hydrogens (tertiary/aromatic N) is 3. The summed E-state index contributed by atoms with van der Waals surface area (Å²) in [5, 5.41) is 4.29. The van der Waals surface area contributed by atoms with Gasteiger partial charge in [0.15, 0.2) is 5.11 Å². The Bertz CT molecular complexity index is 1290. The molecule has 0 radical (unpaired) electrons. The van der Waals surface area contributed by atoms with Crippen molar-refractivity contribution in [3.8, 4) is 0 Å². The van der Waals surface area contributed by atoms with Gasteiger partial charge in [0.05, 0.1) is 30.6 Å². The number of hydrogen-bond acceptors (Lipinski definition) is 3. The molecular weight excluding hydrogens is 428 g/mol. The third kappa shape index (κ3) is 3.85. The number of rotatable bonds is 5. The quantitative estimate of drug-likeness (QED) is 0.377. The molecule has 0 bridgehead atoms. The monoisotopic (exact) mass is 456 g/mol. The summed E-state index contributed by atoms with van der Waals surface area (Å²) in [4.78, 5) is 6.93. The molecule has 2 atom stereocenters. The highest BCUT2D eigenvalue weighted by atomic mass is 32.1. The predicted octanol–water partition coefficient (Wildman–Crippen LogP) is 5.94. The molecule has 1 fully saturated rings. The number of nitrogens with one attached hydrogen (secondary N) is 1. The van der Waals surface area contributed by atoms with Gasteiger partial charge in [-0.2, -0.15) is 0 Å².